The molecule has 0 aromatic rings. The fraction of sp³-hybridized carbons (Fsp3) is 0.750. The normalized spacial score (nSPS) is 8.59. The van der Waals surface area contributed by atoms with E-state index in [9.17, 15) is 0 Å². The Morgan fingerprint density at radius 3 is 1.24 bits per heavy atom. The van der Waals surface area contributed by atoms with Gasteiger partial charge in [0, 0.05) is 0 Å². The molecule has 0 unspecified atom stereocenters. The van der Waals surface area contributed by atoms with Gasteiger partial charge in [-0.15, -0.1) is 13.2 Å². The van der Waals surface area contributed by atoms with Crippen molar-refractivity contribution in [2.45, 2.75) is 78.1 Å². The average Bonchev–Trinajstić information content (AvgIpc) is 2.31. The van der Waals surface area contributed by atoms with Gasteiger partial charge in [-0.1, -0.05) is 64.5 Å². The fourth-order valence-electron chi connectivity index (χ4n) is 1.43. The molecule has 0 amide bonds. The molecule has 0 aliphatic carbocycles. The molecular formula is C16H34S. The smallest absolute Gasteiger partial charge is 0.0353 e. The summed E-state index contributed by atoms with van der Waals surface area (Å²) in [5.74, 6) is 0. The van der Waals surface area contributed by atoms with Crippen LogP contribution in [0.4, 0.5) is 0 Å². The molecule has 0 bridgehead atoms. The van der Waals surface area contributed by atoms with E-state index in [1.54, 1.807) is 0 Å². The van der Waals surface area contributed by atoms with Crippen LogP contribution in [0.25, 0.3) is 0 Å². The van der Waals surface area contributed by atoms with E-state index in [0.717, 1.165) is 0 Å². The van der Waals surface area contributed by atoms with Gasteiger partial charge in [-0.3, -0.25) is 0 Å². The summed E-state index contributed by atoms with van der Waals surface area (Å²) in [6.45, 7) is 11.8. The number of allylic oxidation sites excluding steroid dienone is 2. The van der Waals surface area contributed by atoms with Crippen LogP contribution < -0.4 is 0 Å². The van der Waals surface area contributed by atoms with Crippen molar-refractivity contribution in [3.8, 4) is 0 Å². The lowest BCUT2D eigenvalue weighted by Crippen LogP contribution is -1.71. The number of unbranched alkanes of at least 4 members (excludes halogenated alkanes) is 8. The van der Waals surface area contributed by atoms with Crippen LogP contribution in [-0.4, -0.2) is 0 Å². The van der Waals surface area contributed by atoms with E-state index in [4.69, 9.17) is 0 Å². The Morgan fingerprint density at radius 1 is 0.647 bits per heavy atom. The maximum Gasteiger partial charge on any atom is -0.0353 e. The van der Waals surface area contributed by atoms with Crippen LogP contribution in [0.15, 0.2) is 25.3 Å². The Hall–Kier alpha value is -0.170. The molecule has 17 heavy (non-hydrogen) atoms. The first kappa shape index (κ1) is 22.0. The Kier molecular flexibility index (Phi) is 32.3. The zero-order valence-corrected chi connectivity index (χ0v) is 13.1. The van der Waals surface area contributed by atoms with E-state index in [1.807, 2.05) is 12.2 Å². The van der Waals surface area contributed by atoms with E-state index < -0.39 is 0 Å². The van der Waals surface area contributed by atoms with Gasteiger partial charge in [0.15, 0.2) is 0 Å². The average molecular weight is 259 g/mol. The van der Waals surface area contributed by atoms with Crippen LogP contribution in [0.2, 0.25) is 0 Å². The number of hydrogen-bond donors (Lipinski definition) is 0. The summed E-state index contributed by atoms with van der Waals surface area (Å²) < 4.78 is 0. The van der Waals surface area contributed by atoms with Crippen molar-refractivity contribution in [3.63, 3.8) is 0 Å². The Labute approximate surface area is 117 Å². The van der Waals surface area contributed by atoms with Crippen LogP contribution >= 0.6 is 13.5 Å². The first-order valence-corrected chi connectivity index (χ1v) is 7.05. The molecule has 0 saturated carbocycles. The molecule has 0 radical (unpaired) electrons. The third kappa shape index (κ3) is 31.3. The van der Waals surface area contributed by atoms with Gasteiger partial charge in [0.05, 0.1) is 0 Å². The molecular weight excluding hydrogens is 224 g/mol. The fourth-order valence-corrected chi connectivity index (χ4v) is 1.43. The van der Waals surface area contributed by atoms with Gasteiger partial charge in [-0.2, -0.15) is 13.5 Å². The minimum absolute atomic E-state index is 0. The first-order chi connectivity index (χ1) is 7.83. The molecule has 0 aliphatic rings. The third-order valence-corrected chi connectivity index (χ3v) is 2.52. The highest BCUT2D eigenvalue weighted by Crippen LogP contribution is 2.02. The van der Waals surface area contributed by atoms with E-state index in [2.05, 4.69) is 27.0 Å². The Balaban J connectivity index is -0.000000218. The van der Waals surface area contributed by atoms with E-state index in [-0.39, 0.29) is 13.5 Å². The van der Waals surface area contributed by atoms with Gasteiger partial charge >= 0.3 is 0 Å². The predicted molar refractivity (Wildman–Crippen MR) is 88.3 cm³/mol. The van der Waals surface area contributed by atoms with Gasteiger partial charge in [0.1, 0.15) is 0 Å². The van der Waals surface area contributed by atoms with Crippen LogP contribution in [-0.2, 0) is 0 Å². The van der Waals surface area contributed by atoms with E-state index in [0.29, 0.717) is 0 Å². The maximum absolute atomic E-state index is 3.66. The van der Waals surface area contributed by atoms with Crippen molar-refractivity contribution < 1.29 is 0 Å². The van der Waals surface area contributed by atoms with Crippen molar-refractivity contribution >= 4 is 13.5 Å². The molecule has 0 fully saturated rings. The summed E-state index contributed by atoms with van der Waals surface area (Å²) in [6, 6.07) is 0. The van der Waals surface area contributed by atoms with Gasteiger partial charge < -0.3 is 0 Å². The Morgan fingerprint density at radius 2 is 1.00 bits per heavy atom. The highest BCUT2D eigenvalue weighted by atomic mass is 32.1. The highest BCUT2D eigenvalue weighted by molar-refractivity contribution is 7.59. The van der Waals surface area contributed by atoms with Crippen molar-refractivity contribution in [1.82, 2.24) is 0 Å². The molecule has 0 heterocycles. The van der Waals surface area contributed by atoms with Crippen LogP contribution in [0.5, 0.6) is 0 Å². The predicted octanol–water partition coefficient (Wildman–Crippen LogP) is 6.40. The Bertz CT molecular complexity index is 113. The minimum Gasteiger partial charge on any atom is -0.197 e. The van der Waals surface area contributed by atoms with Crippen molar-refractivity contribution in [3.05, 3.63) is 25.3 Å². The van der Waals surface area contributed by atoms with E-state index in [1.165, 1.54) is 64.2 Å². The third-order valence-electron chi connectivity index (χ3n) is 2.52. The SMILES string of the molecule is C=CCCCCCC.C=CCCCCCC.S. The minimum atomic E-state index is 0. The van der Waals surface area contributed by atoms with Crippen molar-refractivity contribution in [2.75, 3.05) is 0 Å². The molecule has 0 atom stereocenters. The van der Waals surface area contributed by atoms with Crippen molar-refractivity contribution in [2.24, 2.45) is 0 Å². The summed E-state index contributed by atoms with van der Waals surface area (Å²) in [7, 11) is 0. The summed E-state index contributed by atoms with van der Waals surface area (Å²) in [5.41, 5.74) is 0. The quantitative estimate of drug-likeness (QED) is 0.314. The zero-order chi connectivity index (χ0) is 12.5. The second-order valence-electron chi connectivity index (χ2n) is 4.28. The summed E-state index contributed by atoms with van der Waals surface area (Å²) >= 11 is 0. The van der Waals surface area contributed by atoms with Crippen LogP contribution in [0, 0.1) is 0 Å². The van der Waals surface area contributed by atoms with Gasteiger partial charge in [-0.25, -0.2) is 0 Å². The molecule has 0 saturated heterocycles. The lowest BCUT2D eigenvalue weighted by Gasteiger charge is -1.91. The molecule has 0 aromatic heterocycles. The zero-order valence-electron chi connectivity index (χ0n) is 12.1. The molecule has 0 aromatic carbocycles. The topological polar surface area (TPSA) is 0 Å². The molecule has 0 aliphatic heterocycles. The van der Waals surface area contributed by atoms with Crippen LogP contribution in [0.1, 0.15) is 78.1 Å². The molecule has 0 spiro atoms. The molecule has 0 nitrogen and oxygen atoms in total. The first-order valence-electron chi connectivity index (χ1n) is 7.05. The summed E-state index contributed by atoms with van der Waals surface area (Å²) in [5, 5.41) is 0. The van der Waals surface area contributed by atoms with Crippen LogP contribution in [0.3, 0.4) is 0 Å². The summed E-state index contributed by atoms with van der Waals surface area (Å²) in [4.78, 5) is 0. The second-order valence-corrected chi connectivity index (χ2v) is 4.28. The maximum atomic E-state index is 3.66. The van der Waals surface area contributed by atoms with Crippen molar-refractivity contribution in [1.29, 1.82) is 0 Å². The highest BCUT2D eigenvalue weighted by Gasteiger charge is 1.82. The monoisotopic (exact) mass is 258 g/mol. The molecule has 1 heteroatoms. The lowest BCUT2D eigenvalue weighted by atomic mass is 10.2. The molecule has 104 valence electrons. The van der Waals surface area contributed by atoms with Gasteiger partial charge in [-0.05, 0) is 25.7 Å². The standard InChI is InChI=1S/2C8H16.H2S/c2*1-3-5-7-8-6-4-2;/h2*3H,1,4-8H2,2H3;1H2. The number of hydrogen-bond acceptors (Lipinski definition) is 0. The van der Waals surface area contributed by atoms with Gasteiger partial charge in [0.2, 0.25) is 0 Å². The van der Waals surface area contributed by atoms with E-state index >= 15 is 0 Å². The molecule has 0 N–H and O–H groups in total. The second kappa shape index (κ2) is 24.9. The largest absolute Gasteiger partial charge is 0.197 e. The lowest BCUT2D eigenvalue weighted by molar-refractivity contribution is 0.675. The number of rotatable bonds is 10. The van der Waals surface area contributed by atoms with Gasteiger partial charge in [0.25, 0.3) is 0 Å². The summed E-state index contributed by atoms with van der Waals surface area (Å²) in [6.07, 6.45) is 17.2. The molecule has 0 rings (SSSR count).